The van der Waals surface area contributed by atoms with Crippen molar-refractivity contribution >= 4 is 35.0 Å². The van der Waals surface area contributed by atoms with Crippen LogP contribution in [-0.4, -0.2) is 21.6 Å². The largest absolute Gasteiger partial charge is 0.325 e. The summed E-state index contributed by atoms with van der Waals surface area (Å²) in [6.45, 7) is 1.84. The van der Waals surface area contributed by atoms with E-state index in [1.165, 1.54) is 11.8 Å². The molecule has 1 aromatic carbocycles. The Hall–Kier alpha value is -2.88. The zero-order chi connectivity index (χ0) is 19.2. The van der Waals surface area contributed by atoms with E-state index in [0.717, 1.165) is 5.56 Å². The molecule has 0 radical (unpaired) electrons. The van der Waals surface area contributed by atoms with Gasteiger partial charge in [0.1, 0.15) is 11.1 Å². The highest BCUT2D eigenvalue weighted by atomic mass is 35.5. The maximum Gasteiger partial charge on any atom is 0.234 e. The predicted molar refractivity (Wildman–Crippen MR) is 108 cm³/mol. The molecule has 1 N–H and O–H groups in total. The van der Waals surface area contributed by atoms with Crippen molar-refractivity contribution in [1.29, 1.82) is 5.26 Å². The van der Waals surface area contributed by atoms with Crippen molar-refractivity contribution in [2.75, 3.05) is 11.1 Å². The number of rotatable bonds is 5. The average Bonchev–Trinajstić information content (AvgIpc) is 2.70. The SMILES string of the molecule is Cc1c(Cl)cccc1NC(=O)CSc1nc(-c2ccccn2)ccc1C#N. The Balaban J connectivity index is 1.74. The van der Waals surface area contributed by atoms with Gasteiger partial charge in [0.25, 0.3) is 0 Å². The van der Waals surface area contributed by atoms with E-state index >= 15 is 0 Å². The molecule has 0 aliphatic carbocycles. The van der Waals surface area contributed by atoms with Crippen molar-refractivity contribution in [2.45, 2.75) is 11.9 Å². The Morgan fingerprint density at radius 3 is 2.78 bits per heavy atom. The predicted octanol–water partition coefficient (Wildman–Crippen LogP) is 4.71. The Kier molecular flexibility index (Phi) is 6.07. The molecule has 0 saturated heterocycles. The lowest BCUT2D eigenvalue weighted by Gasteiger charge is -2.10. The molecule has 0 spiro atoms. The number of nitrogens with one attached hydrogen (secondary N) is 1. The number of carbonyl (C=O) groups excluding carboxylic acids is 1. The van der Waals surface area contributed by atoms with Crippen molar-refractivity contribution in [1.82, 2.24) is 9.97 Å². The molecule has 1 amide bonds. The first-order chi connectivity index (χ1) is 13.1. The van der Waals surface area contributed by atoms with Crippen molar-refractivity contribution in [2.24, 2.45) is 0 Å². The van der Waals surface area contributed by atoms with E-state index < -0.39 is 0 Å². The second kappa shape index (κ2) is 8.67. The van der Waals surface area contributed by atoms with E-state index in [9.17, 15) is 10.1 Å². The van der Waals surface area contributed by atoms with E-state index in [0.29, 0.717) is 32.7 Å². The van der Waals surface area contributed by atoms with E-state index in [2.05, 4.69) is 21.4 Å². The summed E-state index contributed by atoms with van der Waals surface area (Å²) in [5.74, 6) is -0.0708. The van der Waals surface area contributed by atoms with Crippen LogP contribution in [-0.2, 0) is 4.79 Å². The average molecular weight is 395 g/mol. The number of nitrogens with zero attached hydrogens (tertiary/aromatic N) is 3. The summed E-state index contributed by atoms with van der Waals surface area (Å²) in [5.41, 5.74) is 3.27. The molecule has 0 aliphatic rings. The van der Waals surface area contributed by atoms with Gasteiger partial charge in [-0.15, -0.1) is 0 Å². The van der Waals surface area contributed by atoms with Gasteiger partial charge in [-0.1, -0.05) is 35.5 Å². The zero-order valence-corrected chi connectivity index (χ0v) is 16.0. The summed E-state index contributed by atoms with van der Waals surface area (Å²) in [5, 5.41) is 13.2. The molecule has 0 bridgehead atoms. The molecular weight excluding hydrogens is 380 g/mol. The highest BCUT2D eigenvalue weighted by molar-refractivity contribution is 8.00. The summed E-state index contributed by atoms with van der Waals surface area (Å²) in [6.07, 6.45) is 1.68. The molecule has 134 valence electrons. The van der Waals surface area contributed by atoms with E-state index in [4.69, 9.17) is 11.6 Å². The normalized spacial score (nSPS) is 10.3. The van der Waals surface area contributed by atoms with Crippen molar-refractivity contribution in [3.63, 3.8) is 0 Å². The fraction of sp³-hybridized carbons (Fsp3) is 0.100. The summed E-state index contributed by atoms with van der Waals surface area (Å²) >= 11 is 7.29. The standard InChI is InChI=1S/C20H15ClN4OS/c1-13-15(21)5-4-7-16(13)24-19(26)12-27-20-14(11-22)8-9-18(25-20)17-6-2-3-10-23-17/h2-10H,12H2,1H3,(H,24,26). The van der Waals surface area contributed by atoms with Gasteiger partial charge in [0.2, 0.25) is 5.91 Å². The number of thioether (sulfide) groups is 1. The second-order valence-electron chi connectivity index (χ2n) is 5.63. The lowest BCUT2D eigenvalue weighted by atomic mass is 10.2. The first kappa shape index (κ1) is 18.9. The van der Waals surface area contributed by atoms with Crippen molar-refractivity contribution in [3.05, 3.63) is 70.9 Å². The minimum absolute atomic E-state index is 0.124. The number of benzene rings is 1. The van der Waals surface area contributed by atoms with Crippen LogP contribution in [0.3, 0.4) is 0 Å². The molecule has 2 aromatic heterocycles. The zero-order valence-electron chi connectivity index (χ0n) is 14.4. The maximum absolute atomic E-state index is 12.3. The van der Waals surface area contributed by atoms with Gasteiger partial charge in [0, 0.05) is 16.9 Å². The molecule has 2 heterocycles. The summed E-state index contributed by atoms with van der Waals surface area (Å²) < 4.78 is 0. The van der Waals surface area contributed by atoms with Crippen LogP contribution in [0.15, 0.2) is 59.8 Å². The summed E-state index contributed by atoms with van der Waals surface area (Å²) in [6, 6.07) is 16.4. The number of pyridine rings is 2. The van der Waals surface area contributed by atoms with E-state index in [1.807, 2.05) is 25.1 Å². The van der Waals surface area contributed by atoms with Crippen molar-refractivity contribution < 1.29 is 4.79 Å². The van der Waals surface area contributed by atoms with Gasteiger partial charge >= 0.3 is 0 Å². The first-order valence-corrected chi connectivity index (χ1v) is 9.45. The minimum atomic E-state index is -0.195. The van der Waals surface area contributed by atoms with Gasteiger partial charge in [-0.3, -0.25) is 9.78 Å². The number of anilines is 1. The first-order valence-electron chi connectivity index (χ1n) is 8.09. The summed E-state index contributed by atoms with van der Waals surface area (Å²) in [7, 11) is 0. The third kappa shape index (κ3) is 4.64. The quantitative estimate of drug-likeness (QED) is 0.634. The van der Waals surface area contributed by atoms with Gasteiger partial charge in [0.15, 0.2) is 0 Å². The molecule has 0 fully saturated rings. The molecule has 0 unspecified atom stereocenters. The van der Waals surface area contributed by atoms with Gasteiger partial charge in [0.05, 0.1) is 22.7 Å². The van der Waals surface area contributed by atoms with Crippen LogP contribution in [0.4, 0.5) is 5.69 Å². The third-order valence-electron chi connectivity index (χ3n) is 3.79. The molecule has 0 atom stereocenters. The number of amides is 1. The number of carbonyl (C=O) groups is 1. The number of hydrogen-bond donors (Lipinski definition) is 1. The molecule has 5 nitrogen and oxygen atoms in total. The lowest BCUT2D eigenvalue weighted by Crippen LogP contribution is -2.15. The number of hydrogen-bond acceptors (Lipinski definition) is 5. The van der Waals surface area contributed by atoms with Crippen LogP contribution < -0.4 is 5.32 Å². The van der Waals surface area contributed by atoms with Gasteiger partial charge < -0.3 is 5.32 Å². The lowest BCUT2D eigenvalue weighted by molar-refractivity contribution is -0.113. The molecule has 0 saturated carbocycles. The van der Waals surface area contributed by atoms with Crippen LogP contribution in [0.2, 0.25) is 5.02 Å². The van der Waals surface area contributed by atoms with Gasteiger partial charge in [-0.2, -0.15) is 5.26 Å². The highest BCUT2D eigenvalue weighted by Gasteiger charge is 2.12. The molecule has 3 rings (SSSR count). The maximum atomic E-state index is 12.3. The molecule has 0 aliphatic heterocycles. The second-order valence-corrected chi connectivity index (χ2v) is 7.00. The monoisotopic (exact) mass is 394 g/mol. The Bertz CT molecular complexity index is 1020. The van der Waals surface area contributed by atoms with Crippen LogP contribution in [0, 0.1) is 18.3 Å². The Morgan fingerprint density at radius 1 is 1.19 bits per heavy atom. The molecule has 3 aromatic rings. The minimum Gasteiger partial charge on any atom is -0.325 e. The van der Waals surface area contributed by atoms with Crippen LogP contribution in [0.1, 0.15) is 11.1 Å². The van der Waals surface area contributed by atoms with E-state index in [-0.39, 0.29) is 11.7 Å². The number of halogens is 1. The Labute approximate surface area is 166 Å². The highest BCUT2D eigenvalue weighted by Crippen LogP contribution is 2.26. The topological polar surface area (TPSA) is 78.7 Å². The number of nitriles is 1. The Morgan fingerprint density at radius 2 is 2.04 bits per heavy atom. The molecule has 7 heteroatoms. The fourth-order valence-electron chi connectivity index (χ4n) is 2.36. The van der Waals surface area contributed by atoms with Crippen LogP contribution in [0.5, 0.6) is 0 Å². The summed E-state index contributed by atoms with van der Waals surface area (Å²) in [4.78, 5) is 21.1. The molecule has 27 heavy (non-hydrogen) atoms. The van der Waals surface area contributed by atoms with Crippen LogP contribution >= 0.6 is 23.4 Å². The number of aromatic nitrogens is 2. The third-order valence-corrected chi connectivity index (χ3v) is 5.19. The van der Waals surface area contributed by atoms with Gasteiger partial charge in [-0.05, 0) is 48.9 Å². The van der Waals surface area contributed by atoms with Gasteiger partial charge in [-0.25, -0.2) is 4.98 Å². The van der Waals surface area contributed by atoms with E-state index in [1.54, 1.807) is 36.5 Å². The fourth-order valence-corrected chi connectivity index (χ4v) is 3.30. The molecular formula is C20H15ClN4OS. The van der Waals surface area contributed by atoms with Crippen LogP contribution in [0.25, 0.3) is 11.4 Å². The van der Waals surface area contributed by atoms with Crippen molar-refractivity contribution in [3.8, 4) is 17.5 Å². The smallest absolute Gasteiger partial charge is 0.234 e.